The summed E-state index contributed by atoms with van der Waals surface area (Å²) in [5.41, 5.74) is 0.676. The van der Waals surface area contributed by atoms with Crippen LogP contribution in [0.5, 0.6) is 0 Å². The van der Waals surface area contributed by atoms with Crippen LogP contribution in [0.15, 0.2) is 30.5 Å². The molecule has 0 radical (unpaired) electrons. The maximum absolute atomic E-state index is 11.8. The largest absolute Gasteiger partial charge is 0.444 e. The second-order valence-electron chi connectivity index (χ2n) is 5.12. The lowest BCUT2D eigenvalue weighted by molar-refractivity contribution is 0.0636. The Labute approximate surface area is 116 Å². The number of halogens is 1. The molecule has 2 rings (SSSR count). The fraction of sp³-hybridized carbons (Fsp3) is 0.286. The van der Waals surface area contributed by atoms with Gasteiger partial charge in [0.15, 0.2) is 0 Å². The van der Waals surface area contributed by atoms with Crippen LogP contribution < -0.4 is 5.32 Å². The minimum atomic E-state index is -0.542. The standard InChI is InChI=1S/C14H15ClN2O2/c1-14(2,3)19-13(18)17-11-7-6-10(15)9-5-4-8-16-12(9)11/h4-8H,1-3H3,(H,17,18). The van der Waals surface area contributed by atoms with Crippen LogP contribution in [0.3, 0.4) is 0 Å². The molecule has 100 valence electrons. The normalized spacial score (nSPS) is 11.4. The van der Waals surface area contributed by atoms with Crippen molar-refractivity contribution in [3.8, 4) is 0 Å². The van der Waals surface area contributed by atoms with Crippen molar-refractivity contribution in [1.29, 1.82) is 0 Å². The molecule has 0 saturated carbocycles. The Morgan fingerprint density at radius 1 is 1.32 bits per heavy atom. The molecule has 0 spiro atoms. The minimum absolute atomic E-state index is 0.512. The maximum atomic E-state index is 11.8. The fourth-order valence-electron chi connectivity index (χ4n) is 1.65. The van der Waals surface area contributed by atoms with Crippen LogP contribution in [-0.4, -0.2) is 16.7 Å². The van der Waals surface area contributed by atoms with Crippen LogP contribution in [0.4, 0.5) is 10.5 Å². The Kier molecular flexibility index (Phi) is 3.62. The highest BCUT2D eigenvalue weighted by Gasteiger charge is 2.17. The van der Waals surface area contributed by atoms with Crippen LogP contribution in [0.2, 0.25) is 5.02 Å². The minimum Gasteiger partial charge on any atom is -0.444 e. The van der Waals surface area contributed by atoms with E-state index in [1.54, 1.807) is 24.4 Å². The van der Waals surface area contributed by atoms with Gasteiger partial charge in [0, 0.05) is 11.6 Å². The van der Waals surface area contributed by atoms with E-state index < -0.39 is 11.7 Å². The van der Waals surface area contributed by atoms with Gasteiger partial charge < -0.3 is 4.74 Å². The van der Waals surface area contributed by atoms with E-state index in [0.29, 0.717) is 16.2 Å². The number of hydrogen-bond acceptors (Lipinski definition) is 3. The summed E-state index contributed by atoms with van der Waals surface area (Å²) in [7, 11) is 0. The van der Waals surface area contributed by atoms with Crippen molar-refractivity contribution in [3.05, 3.63) is 35.5 Å². The summed E-state index contributed by atoms with van der Waals surface area (Å²) in [4.78, 5) is 16.0. The number of aromatic nitrogens is 1. The van der Waals surface area contributed by atoms with Crippen LogP contribution in [0.1, 0.15) is 20.8 Å². The first-order chi connectivity index (χ1) is 8.87. The molecular weight excluding hydrogens is 264 g/mol. The molecule has 1 N–H and O–H groups in total. The van der Waals surface area contributed by atoms with Gasteiger partial charge in [-0.2, -0.15) is 0 Å². The van der Waals surface area contributed by atoms with Gasteiger partial charge in [0.25, 0.3) is 0 Å². The predicted octanol–water partition coefficient (Wildman–Crippen LogP) is 4.24. The Morgan fingerprint density at radius 3 is 2.74 bits per heavy atom. The maximum Gasteiger partial charge on any atom is 0.412 e. The number of rotatable bonds is 1. The van der Waals surface area contributed by atoms with Crippen molar-refractivity contribution in [3.63, 3.8) is 0 Å². The lowest BCUT2D eigenvalue weighted by atomic mass is 10.2. The third-order valence-electron chi connectivity index (χ3n) is 2.35. The van der Waals surface area contributed by atoms with Crippen molar-refractivity contribution in [2.24, 2.45) is 0 Å². The van der Waals surface area contributed by atoms with E-state index in [-0.39, 0.29) is 0 Å². The third kappa shape index (κ3) is 3.35. The molecule has 0 unspecified atom stereocenters. The zero-order chi connectivity index (χ0) is 14.0. The first-order valence-corrected chi connectivity index (χ1v) is 6.28. The molecule has 0 aliphatic carbocycles. The molecule has 0 aliphatic heterocycles. The summed E-state index contributed by atoms with van der Waals surface area (Å²) in [5, 5.41) is 4.07. The van der Waals surface area contributed by atoms with E-state index in [2.05, 4.69) is 10.3 Å². The molecule has 0 bridgehead atoms. The van der Waals surface area contributed by atoms with Crippen LogP contribution in [0, 0.1) is 0 Å². The van der Waals surface area contributed by atoms with E-state index in [1.165, 1.54) is 0 Å². The molecule has 19 heavy (non-hydrogen) atoms. The van der Waals surface area contributed by atoms with Crippen LogP contribution in [-0.2, 0) is 4.74 Å². The average molecular weight is 279 g/mol. The summed E-state index contributed by atoms with van der Waals surface area (Å²) in [6, 6.07) is 7.08. The number of carbonyl (C=O) groups is 1. The number of benzene rings is 1. The monoisotopic (exact) mass is 278 g/mol. The van der Waals surface area contributed by atoms with E-state index in [9.17, 15) is 4.79 Å². The highest BCUT2D eigenvalue weighted by Crippen LogP contribution is 2.28. The molecule has 1 aromatic heterocycles. The lowest BCUT2D eigenvalue weighted by Gasteiger charge is -2.20. The van der Waals surface area contributed by atoms with Crippen molar-refractivity contribution in [2.45, 2.75) is 26.4 Å². The van der Waals surface area contributed by atoms with E-state index >= 15 is 0 Å². The Bertz CT molecular complexity index is 620. The van der Waals surface area contributed by atoms with Crippen LogP contribution >= 0.6 is 11.6 Å². The number of nitrogens with one attached hydrogen (secondary N) is 1. The number of carbonyl (C=O) groups excluding carboxylic acids is 1. The van der Waals surface area contributed by atoms with E-state index in [1.807, 2.05) is 26.8 Å². The second kappa shape index (κ2) is 5.05. The summed E-state index contributed by atoms with van der Waals surface area (Å²) < 4.78 is 5.21. The number of pyridine rings is 1. The van der Waals surface area contributed by atoms with E-state index in [4.69, 9.17) is 16.3 Å². The Hall–Kier alpha value is -1.81. The van der Waals surface area contributed by atoms with Crippen molar-refractivity contribution in [1.82, 2.24) is 4.98 Å². The molecule has 0 saturated heterocycles. The predicted molar refractivity (Wildman–Crippen MR) is 76.6 cm³/mol. The molecule has 1 aromatic carbocycles. The summed E-state index contributed by atoms with van der Waals surface area (Å²) >= 11 is 6.09. The SMILES string of the molecule is CC(C)(C)OC(=O)Nc1ccc(Cl)c2cccnc12. The Balaban J connectivity index is 2.31. The highest BCUT2D eigenvalue weighted by molar-refractivity contribution is 6.35. The van der Waals surface area contributed by atoms with Gasteiger partial charge in [0.1, 0.15) is 5.60 Å². The molecule has 2 aromatic rings. The van der Waals surface area contributed by atoms with Crippen molar-refractivity contribution in [2.75, 3.05) is 5.32 Å². The number of fused-ring (bicyclic) bond motifs is 1. The Morgan fingerprint density at radius 2 is 2.05 bits per heavy atom. The van der Waals surface area contributed by atoms with Gasteiger partial charge in [0.05, 0.1) is 16.2 Å². The topological polar surface area (TPSA) is 51.2 Å². The number of ether oxygens (including phenoxy) is 1. The summed E-state index contributed by atoms with van der Waals surface area (Å²) in [6.45, 7) is 5.43. The number of hydrogen-bond donors (Lipinski definition) is 1. The molecule has 5 heteroatoms. The quantitative estimate of drug-likeness (QED) is 0.849. The number of amides is 1. The molecule has 1 amide bonds. The average Bonchev–Trinajstić information content (AvgIpc) is 2.31. The van der Waals surface area contributed by atoms with Gasteiger partial charge in [-0.3, -0.25) is 10.3 Å². The van der Waals surface area contributed by atoms with Gasteiger partial charge in [-0.1, -0.05) is 11.6 Å². The molecule has 0 fully saturated rings. The number of nitrogens with zero attached hydrogens (tertiary/aromatic N) is 1. The second-order valence-corrected chi connectivity index (χ2v) is 5.53. The van der Waals surface area contributed by atoms with Crippen molar-refractivity contribution < 1.29 is 9.53 Å². The van der Waals surface area contributed by atoms with Gasteiger partial charge >= 0.3 is 6.09 Å². The summed E-state index contributed by atoms with van der Waals surface area (Å²) in [5.74, 6) is 0. The van der Waals surface area contributed by atoms with Gasteiger partial charge in [-0.05, 0) is 45.0 Å². The van der Waals surface area contributed by atoms with Gasteiger partial charge in [-0.15, -0.1) is 0 Å². The van der Waals surface area contributed by atoms with Crippen molar-refractivity contribution >= 4 is 34.3 Å². The lowest BCUT2D eigenvalue weighted by Crippen LogP contribution is -2.27. The highest BCUT2D eigenvalue weighted by atomic mass is 35.5. The molecule has 1 heterocycles. The molecule has 0 atom stereocenters. The zero-order valence-electron chi connectivity index (χ0n) is 11.0. The van der Waals surface area contributed by atoms with E-state index in [0.717, 1.165) is 5.39 Å². The first kappa shape index (κ1) is 13.6. The van der Waals surface area contributed by atoms with Gasteiger partial charge in [-0.25, -0.2) is 4.79 Å². The first-order valence-electron chi connectivity index (χ1n) is 5.90. The third-order valence-corrected chi connectivity index (χ3v) is 2.68. The number of anilines is 1. The van der Waals surface area contributed by atoms with Crippen LogP contribution in [0.25, 0.3) is 10.9 Å². The molecule has 0 aliphatic rings. The summed E-state index contributed by atoms with van der Waals surface area (Å²) in [6.07, 6.45) is 1.14. The van der Waals surface area contributed by atoms with Gasteiger partial charge in [0.2, 0.25) is 0 Å². The molecule has 4 nitrogen and oxygen atoms in total. The fourth-order valence-corrected chi connectivity index (χ4v) is 1.87. The zero-order valence-corrected chi connectivity index (χ0v) is 11.8. The smallest absolute Gasteiger partial charge is 0.412 e. The molecular formula is C14H15ClN2O2.